The summed E-state index contributed by atoms with van der Waals surface area (Å²) in [6.45, 7) is 5.22. The number of carbonyl (C=O) groups is 1. The summed E-state index contributed by atoms with van der Waals surface area (Å²) in [6, 6.07) is 0. The second-order valence-corrected chi connectivity index (χ2v) is 4.90. The van der Waals surface area contributed by atoms with Crippen molar-refractivity contribution in [1.82, 2.24) is 19.8 Å². The Bertz CT molecular complexity index is 395. The molecule has 1 N–H and O–H groups in total. The third kappa shape index (κ3) is 2.90. The first kappa shape index (κ1) is 13.1. The maximum Gasteiger partial charge on any atom is 0.242 e. The predicted octanol–water partition coefficient (Wildman–Crippen LogP) is 0.828. The van der Waals surface area contributed by atoms with E-state index < -0.39 is 0 Å². The Morgan fingerprint density at radius 1 is 1.67 bits per heavy atom. The molecule has 100 valence electrons. The van der Waals surface area contributed by atoms with Crippen LogP contribution in [0.3, 0.4) is 0 Å². The van der Waals surface area contributed by atoms with Crippen molar-refractivity contribution in [2.24, 2.45) is 0 Å². The molecule has 1 fully saturated rings. The Kier molecular flexibility index (Phi) is 4.36. The largest absolute Gasteiger partial charge is 0.344 e. The second kappa shape index (κ2) is 6.00. The Hall–Kier alpha value is -1.36. The molecule has 1 aliphatic rings. The molecule has 0 aliphatic carbocycles. The first-order valence-corrected chi connectivity index (χ1v) is 6.67. The minimum atomic E-state index is 0.139. The highest BCUT2D eigenvalue weighted by molar-refractivity contribution is 5.75. The van der Waals surface area contributed by atoms with E-state index in [4.69, 9.17) is 0 Å². The highest BCUT2D eigenvalue weighted by atomic mass is 16.2. The van der Waals surface area contributed by atoms with Crippen molar-refractivity contribution in [3.8, 4) is 0 Å². The molecular formula is C13H22N4O. The number of hydrogen-bond acceptors (Lipinski definition) is 3. The van der Waals surface area contributed by atoms with Crippen LogP contribution in [0.4, 0.5) is 0 Å². The van der Waals surface area contributed by atoms with E-state index in [2.05, 4.69) is 10.3 Å². The van der Waals surface area contributed by atoms with E-state index in [0.717, 1.165) is 19.6 Å². The van der Waals surface area contributed by atoms with Gasteiger partial charge in [0.1, 0.15) is 6.54 Å². The van der Waals surface area contributed by atoms with Gasteiger partial charge in [0.25, 0.3) is 0 Å². The van der Waals surface area contributed by atoms with Gasteiger partial charge in [-0.15, -0.1) is 0 Å². The first-order valence-electron chi connectivity index (χ1n) is 6.67. The smallest absolute Gasteiger partial charge is 0.242 e. The molecule has 0 radical (unpaired) electrons. The van der Waals surface area contributed by atoms with Crippen LogP contribution in [-0.4, -0.2) is 47.0 Å². The third-order valence-corrected chi connectivity index (χ3v) is 3.67. The molecule has 0 bridgehead atoms. The average molecular weight is 250 g/mol. The highest BCUT2D eigenvalue weighted by Crippen LogP contribution is 2.22. The van der Waals surface area contributed by atoms with E-state index >= 15 is 0 Å². The monoisotopic (exact) mass is 250 g/mol. The van der Waals surface area contributed by atoms with Crippen LogP contribution in [0.15, 0.2) is 12.5 Å². The fourth-order valence-electron chi connectivity index (χ4n) is 2.35. The Balaban J connectivity index is 2.05. The first-order chi connectivity index (χ1) is 8.72. The lowest BCUT2D eigenvalue weighted by Gasteiger charge is -2.24. The summed E-state index contributed by atoms with van der Waals surface area (Å²) in [5, 5.41) is 3.40. The van der Waals surface area contributed by atoms with Crippen molar-refractivity contribution in [1.29, 1.82) is 0 Å². The number of imidazole rings is 1. The molecule has 1 atom stereocenters. The van der Waals surface area contributed by atoms with E-state index in [-0.39, 0.29) is 5.91 Å². The molecule has 1 amide bonds. The molecule has 5 heteroatoms. The molecule has 1 saturated heterocycles. The SMILES string of the molecule is CCN(C)C(=O)Cn1cncc1C1CCCNC1. The van der Waals surface area contributed by atoms with Gasteiger partial charge in [-0.1, -0.05) is 0 Å². The summed E-state index contributed by atoms with van der Waals surface area (Å²) in [4.78, 5) is 17.9. The number of hydrogen-bond donors (Lipinski definition) is 1. The molecule has 0 saturated carbocycles. The highest BCUT2D eigenvalue weighted by Gasteiger charge is 2.20. The third-order valence-electron chi connectivity index (χ3n) is 3.67. The van der Waals surface area contributed by atoms with Crippen molar-refractivity contribution < 1.29 is 4.79 Å². The topological polar surface area (TPSA) is 50.2 Å². The van der Waals surface area contributed by atoms with Gasteiger partial charge in [0, 0.05) is 37.9 Å². The van der Waals surface area contributed by atoms with Gasteiger partial charge >= 0.3 is 0 Å². The number of amides is 1. The van der Waals surface area contributed by atoms with Crippen molar-refractivity contribution in [3.05, 3.63) is 18.2 Å². The molecule has 0 aromatic carbocycles. The van der Waals surface area contributed by atoms with Crippen LogP contribution in [0, 0.1) is 0 Å². The maximum atomic E-state index is 11.9. The van der Waals surface area contributed by atoms with Crippen molar-refractivity contribution in [3.63, 3.8) is 0 Å². The van der Waals surface area contributed by atoms with Crippen LogP contribution in [0.25, 0.3) is 0 Å². The van der Waals surface area contributed by atoms with Gasteiger partial charge in [-0.2, -0.15) is 0 Å². The summed E-state index contributed by atoms with van der Waals surface area (Å²) in [5.41, 5.74) is 1.18. The van der Waals surface area contributed by atoms with Gasteiger partial charge in [-0.25, -0.2) is 4.98 Å². The lowest BCUT2D eigenvalue weighted by atomic mass is 9.96. The number of carbonyl (C=O) groups excluding carboxylic acids is 1. The zero-order valence-corrected chi connectivity index (χ0v) is 11.2. The number of piperidine rings is 1. The van der Waals surface area contributed by atoms with Crippen molar-refractivity contribution >= 4 is 5.91 Å². The van der Waals surface area contributed by atoms with E-state index in [0.29, 0.717) is 12.5 Å². The average Bonchev–Trinajstić information content (AvgIpc) is 2.86. The van der Waals surface area contributed by atoms with Gasteiger partial charge in [-0.3, -0.25) is 4.79 Å². The zero-order valence-electron chi connectivity index (χ0n) is 11.2. The van der Waals surface area contributed by atoms with E-state index in [1.807, 2.05) is 24.7 Å². The zero-order chi connectivity index (χ0) is 13.0. The number of likely N-dealkylation sites (N-methyl/N-ethyl adjacent to an activating group) is 1. The normalized spacial score (nSPS) is 19.8. The van der Waals surface area contributed by atoms with E-state index in [9.17, 15) is 4.79 Å². The molecule has 2 rings (SSSR count). The minimum Gasteiger partial charge on any atom is -0.344 e. The molecule has 1 aromatic heterocycles. The van der Waals surface area contributed by atoms with Crippen LogP contribution >= 0.6 is 0 Å². The van der Waals surface area contributed by atoms with E-state index in [1.54, 1.807) is 11.2 Å². The number of rotatable bonds is 4. The van der Waals surface area contributed by atoms with Gasteiger partial charge < -0.3 is 14.8 Å². The number of nitrogens with zero attached hydrogens (tertiary/aromatic N) is 3. The summed E-state index contributed by atoms with van der Waals surface area (Å²) >= 11 is 0. The van der Waals surface area contributed by atoms with Gasteiger partial charge in [0.2, 0.25) is 5.91 Å². The van der Waals surface area contributed by atoms with Gasteiger partial charge in [0.15, 0.2) is 0 Å². The number of aromatic nitrogens is 2. The fourth-order valence-corrected chi connectivity index (χ4v) is 2.35. The number of nitrogens with one attached hydrogen (secondary N) is 1. The molecule has 0 spiro atoms. The molecule has 2 heterocycles. The Morgan fingerprint density at radius 2 is 2.50 bits per heavy atom. The summed E-state index contributed by atoms with van der Waals surface area (Å²) in [7, 11) is 1.83. The molecule has 1 aliphatic heterocycles. The minimum absolute atomic E-state index is 0.139. The molecule has 1 aromatic rings. The summed E-state index contributed by atoms with van der Waals surface area (Å²) < 4.78 is 1.99. The predicted molar refractivity (Wildman–Crippen MR) is 70.4 cm³/mol. The molecule has 1 unspecified atom stereocenters. The van der Waals surface area contributed by atoms with Crippen molar-refractivity contribution in [2.75, 3.05) is 26.7 Å². The van der Waals surface area contributed by atoms with E-state index in [1.165, 1.54) is 18.5 Å². The Morgan fingerprint density at radius 3 is 3.17 bits per heavy atom. The van der Waals surface area contributed by atoms with Crippen LogP contribution in [-0.2, 0) is 11.3 Å². The van der Waals surface area contributed by atoms with Crippen molar-refractivity contribution in [2.45, 2.75) is 32.2 Å². The quantitative estimate of drug-likeness (QED) is 0.861. The second-order valence-electron chi connectivity index (χ2n) is 4.90. The fraction of sp³-hybridized carbons (Fsp3) is 0.692. The van der Waals surface area contributed by atoms with Crippen LogP contribution in [0.5, 0.6) is 0 Å². The van der Waals surface area contributed by atoms with Crippen LogP contribution < -0.4 is 5.32 Å². The molecular weight excluding hydrogens is 228 g/mol. The summed E-state index contributed by atoms with van der Waals surface area (Å²) in [6.07, 6.45) is 6.04. The van der Waals surface area contributed by atoms with Gasteiger partial charge in [0.05, 0.1) is 6.33 Å². The standard InChI is InChI=1S/C13H22N4O/c1-3-16(2)13(18)9-17-10-15-8-12(17)11-5-4-6-14-7-11/h8,10-11,14H,3-7,9H2,1-2H3. The lowest BCUT2D eigenvalue weighted by molar-refractivity contribution is -0.130. The lowest BCUT2D eigenvalue weighted by Crippen LogP contribution is -2.32. The molecule has 5 nitrogen and oxygen atoms in total. The summed E-state index contributed by atoms with van der Waals surface area (Å²) in [5.74, 6) is 0.626. The van der Waals surface area contributed by atoms with Crippen LogP contribution in [0.2, 0.25) is 0 Å². The van der Waals surface area contributed by atoms with Gasteiger partial charge in [-0.05, 0) is 26.3 Å². The maximum absolute atomic E-state index is 11.9. The van der Waals surface area contributed by atoms with Crippen LogP contribution in [0.1, 0.15) is 31.4 Å². The molecule has 18 heavy (non-hydrogen) atoms. The Labute approximate surface area is 108 Å².